The number of aromatic nitrogens is 3. The maximum absolute atomic E-state index is 5.88. The van der Waals surface area contributed by atoms with Crippen molar-refractivity contribution in [2.45, 2.75) is 26.9 Å². The number of ether oxygens (including phenoxy) is 2. The summed E-state index contributed by atoms with van der Waals surface area (Å²) in [5, 5.41) is 8.65. The Morgan fingerprint density at radius 3 is 2.67 bits per heavy atom. The predicted octanol–water partition coefficient (Wildman–Crippen LogP) is 2.05. The minimum atomic E-state index is 0.0284. The molecule has 3 heterocycles. The number of pyridine rings is 1. The number of morpholine rings is 1. The zero-order chi connectivity index (χ0) is 17.1. The van der Waals surface area contributed by atoms with Gasteiger partial charge in [0.05, 0.1) is 36.9 Å². The van der Waals surface area contributed by atoms with Crippen LogP contribution in [0.15, 0.2) is 18.3 Å². The van der Waals surface area contributed by atoms with Crippen LogP contribution in [0.2, 0.25) is 0 Å². The molecular weight excluding hydrogens is 306 g/mol. The van der Waals surface area contributed by atoms with Crippen molar-refractivity contribution >= 4 is 11.4 Å². The molecule has 24 heavy (non-hydrogen) atoms. The van der Waals surface area contributed by atoms with Crippen LogP contribution in [0.1, 0.15) is 19.5 Å². The summed E-state index contributed by atoms with van der Waals surface area (Å²) in [5.74, 6) is 0.546. The summed E-state index contributed by atoms with van der Waals surface area (Å²) >= 11 is 0. The lowest BCUT2D eigenvalue weighted by atomic mass is 10.1. The van der Waals surface area contributed by atoms with Gasteiger partial charge in [-0.1, -0.05) is 0 Å². The van der Waals surface area contributed by atoms with Crippen molar-refractivity contribution in [3.05, 3.63) is 24.0 Å². The van der Waals surface area contributed by atoms with Gasteiger partial charge in [-0.25, -0.2) is 0 Å². The number of hydrogen-bond donors (Lipinski definition) is 1. The minimum Gasteiger partial charge on any atom is -0.472 e. The van der Waals surface area contributed by atoms with Crippen LogP contribution in [0.3, 0.4) is 0 Å². The van der Waals surface area contributed by atoms with Crippen LogP contribution in [0, 0.1) is 6.92 Å². The van der Waals surface area contributed by atoms with Crippen LogP contribution < -0.4 is 15.4 Å². The lowest BCUT2D eigenvalue weighted by Gasteiger charge is -2.30. The second-order valence-electron chi connectivity index (χ2n) is 6.09. The zero-order valence-corrected chi connectivity index (χ0v) is 14.3. The predicted molar refractivity (Wildman–Crippen MR) is 93.2 cm³/mol. The van der Waals surface area contributed by atoms with Crippen molar-refractivity contribution in [3.63, 3.8) is 0 Å². The third kappa shape index (κ3) is 3.56. The quantitative estimate of drug-likeness (QED) is 0.918. The van der Waals surface area contributed by atoms with Crippen molar-refractivity contribution in [1.82, 2.24) is 15.2 Å². The molecule has 1 fully saturated rings. The molecular formula is C17H23N5O2. The van der Waals surface area contributed by atoms with E-state index in [0.29, 0.717) is 24.8 Å². The van der Waals surface area contributed by atoms with Gasteiger partial charge in [0.25, 0.3) is 5.88 Å². The van der Waals surface area contributed by atoms with Gasteiger partial charge in [-0.3, -0.25) is 4.98 Å². The Labute approximate surface area is 141 Å². The number of rotatable bonds is 4. The van der Waals surface area contributed by atoms with E-state index in [1.54, 1.807) is 6.20 Å². The molecule has 3 rings (SSSR count). The lowest BCUT2D eigenvalue weighted by molar-refractivity contribution is 0.122. The standard InChI is InChI=1S/C17H23N5O2/c1-11(2)24-17-16(22-4-6-23-7-5-22)9-15(20-21-17)14-8-13(18)10-19-12(14)3/h8-11H,4-7,18H2,1-3H3. The van der Waals surface area contributed by atoms with Gasteiger partial charge >= 0.3 is 0 Å². The highest BCUT2D eigenvalue weighted by Crippen LogP contribution is 2.32. The maximum Gasteiger partial charge on any atom is 0.257 e. The largest absolute Gasteiger partial charge is 0.472 e. The van der Waals surface area contributed by atoms with Crippen LogP contribution in [0.25, 0.3) is 11.3 Å². The molecule has 0 unspecified atom stereocenters. The van der Waals surface area contributed by atoms with Gasteiger partial charge in [0.2, 0.25) is 0 Å². The summed E-state index contributed by atoms with van der Waals surface area (Å²) in [4.78, 5) is 6.53. The fourth-order valence-electron chi connectivity index (χ4n) is 2.65. The van der Waals surface area contributed by atoms with Gasteiger partial charge in [0.1, 0.15) is 5.69 Å². The average Bonchev–Trinajstić information content (AvgIpc) is 2.58. The SMILES string of the molecule is Cc1ncc(N)cc1-c1cc(N2CCOCC2)c(OC(C)C)nn1. The van der Waals surface area contributed by atoms with E-state index in [1.165, 1.54) is 0 Å². The summed E-state index contributed by atoms with van der Waals surface area (Å²) in [6.45, 7) is 8.87. The van der Waals surface area contributed by atoms with Crippen molar-refractivity contribution in [3.8, 4) is 17.1 Å². The summed E-state index contributed by atoms with van der Waals surface area (Å²) in [5.41, 5.74) is 9.90. The zero-order valence-electron chi connectivity index (χ0n) is 14.3. The highest BCUT2D eigenvalue weighted by Gasteiger charge is 2.20. The third-order valence-corrected chi connectivity index (χ3v) is 3.82. The number of hydrogen-bond acceptors (Lipinski definition) is 7. The molecule has 0 aromatic carbocycles. The topological polar surface area (TPSA) is 86.4 Å². The molecule has 0 amide bonds. The first kappa shape index (κ1) is 16.4. The van der Waals surface area contributed by atoms with Gasteiger partial charge in [-0.15, -0.1) is 10.2 Å². The summed E-state index contributed by atoms with van der Waals surface area (Å²) in [6, 6.07) is 3.87. The monoisotopic (exact) mass is 329 g/mol. The van der Waals surface area contributed by atoms with E-state index in [1.807, 2.05) is 32.9 Å². The summed E-state index contributed by atoms with van der Waals surface area (Å²) in [6.07, 6.45) is 1.67. The van der Waals surface area contributed by atoms with Crippen LogP contribution in [-0.2, 0) is 4.74 Å². The Hall–Kier alpha value is -2.41. The van der Waals surface area contributed by atoms with E-state index >= 15 is 0 Å². The highest BCUT2D eigenvalue weighted by atomic mass is 16.5. The minimum absolute atomic E-state index is 0.0284. The van der Waals surface area contributed by atoms with E-state index in [-0.39, 0.29) is 6.10 Å². The molecule has 2 N–H and O–H groups in total. The maximum atomic E-state index is 5.88. The fraction of sp³-hybridized carbons (Fsp3) is 0.471. The van der Waals surface area contributed by atoms with Crippen LogP contribution in [0.5, 0.6) is 5.88 Å². The van der Waals surface area contributed by atoms with E-state index < -0.39 is 0 Å². The van der Waals surface area contributed by atoms with Crippen LogP contribution in [-0.4, -0.2) is 47.6 Å². The molecule has 7 heteroatoms. The Morgan fingerprint density at radius 2 is 1.96 bits per heavy atom. The molecule has 7 nitrogen and oxygen atoms in total. The number of nitrogen functional groups attached to an aromatic ring is 1. The third-order valence-electron chi connectivity index (χ3n) is 3.82. The number of nitrogens with two attached hydrogens (primary N) is 1. The first-order valence-corrected chi connectivity index (χ1v) is 8.14. The van der Waals surface area contributed by atoms with Gasteiger partial charge < -0.3 is 20.1 Å². The van der Waals surface area contributed by atoms with E-state index in [9.17, 15) is 0 Å². The van der Waals surface area contributed by atoms with Gasteiger partial charge in [-0.05, 0) is 32.9 Å². The molecule has 0 spiro atoms. The molecule has 1 aliphatic heterocycles. The number of anilines is 2. The molecule has 0 saturated carbocycles. The number of nitrogens with zero attached hydrogens (tertiary/aromatic N) is 4. The molecule has 1 saturated heterocycles. The van der Waals surface area contributed by atoms with Gasteiger partial charge in [0, 0.05) is 24.3 Å². The smallest absolute Gasteiger partial charge is 0.257 e. The molecule has 0 aliphatic carbocycles. The lowest BCUT2D eigenvalue weighted by Crippen LogP contribution is -2.36. The molecule has 0 atom stereocenters. The first-order chi connectivity index (χ1) is 11.5. The number of aryl methyl sites for hydroxylation is 1. The van der Waals surface area contributed by atoms with Crippen molar-refractivity contribution in [1.29, 1.82) is 0 Å². The van der Waals surface area contributed by atoms with Gasteiger partial charge in [-0.2, -0.15) is 0 Å². The highest BCUT2D eigenvalue weighted by molar-refractivity contribution is 5.70. The molecule has 1 aliphatic rings. The van der Waals surface area contributed by atoms with E-state index in [2.05, 4.69) is 20.1 Å². The van der Waals surface area contributed by atoms with E-state index in [0.717, 1.165) is 35.7 Å². The normalized spacial score (nSPS) is 14.9. The van der Waals surface area contributed by atoms with Gasteiger partial charge in [0.15, 0.2) is 0 Å². The molecule has 2 aromatic rings. The van der Waals surface area contributed by atoms with Crippen LogP contribution in [0.4, 0.5) is 11.4 Å². The van der Waals surface area contributed by atoms with Crippen molar-refractivity contribution in [2.24, 2.45) is 0 Å². The molecule has 128 valence electrons. The van der Waals surface area contributed by atoms with Crippen molar-refractivity contribution < 1.29 is 9.47 Å². The van der Waals surface area contributed by atoms with Crippen molar-refractivity contribution in [2.75, 3.05) is 36.9 Å². The van der Waals surface area contributed by atoms with E-state index in [4.69, 9.17) is 15.2 Å². The first-order valence-electron chi connectivity index (χ1n) is 8.14. The Bertz CT molecular complexity index is 714. The Morgan fingerprint density at radius 1 is 1.21 bits per heavy atom. The summed E-state index contributed by atoms with van der Waals surface area (Å²) < 4.78 is 11.3. The van der Waals surface area contributed by atoms with Crippen LogP contribution >= 0.6 is 0 Å². The molecule has 0 bridgehead atoms. The fourth-order valence-corrected chi connectivity index (χ4v) is 2.65. The average molecular weight is 329 g/mol. The second-order valence-corrected chi connectivity index (χ2v) is 6.09. The molecule has 2 aromatic heterocycles. The Balaban J connectivity index is 2.04. The molecule has 0 radical (unpaired) electrons. The Kier molecular flexibility index (Phi) is 4.80. The summed E-state index contributed by atoms with van der Waals surface area (Å²) in [7, 11) is 0. The second kappa shape index (κ2) is 7.00.